The lowest BCUT2D eigenvalue weighted by molar-refractivity contribution is -0.917. The lowest BCUT2D eigenvalue weighted by Gasteiger charge is -2.33. The molecule has 27 heavy (non-hydrogen) atoms. The number of thiocarbonyl (C=S) groups is 1. The molecular weight excluding hydrogens is 372 g/mol. The molecule has 0 spiro atoms. The lowest BCUT2D eigenvalue weighted by Crippen LogP contribution is -3.13. The predicted octanol–water partition coefficient (Wildman–Crippen LogP) is 3.01. The maximum atomic E-state index is 5.67. The summed E-state index contributed by atoms with van der Waals surface area (Å²) in [7, 11) is 0. The van der Waals surface area contributed by atoms with Gasteiger partial charge < -0.3 is 15.1 Å². The molecule has 1 saturated heterocycles. The van der Waals surface area contributed by atoms with Crippen molar-refractivity contribution in [2.45, 2.75) is 20.4 Å². The number of aromatic nitrogens is 1. The van der Waals surface area contributed by atoms with Gasteiger partial charge in [0.05, 0.1) is 36.4 Å². The number of hydrogen-bond donors (Lipinski definition) is 2. The molecule has 0 unspecified atom stereocenters. The number of nitrogens with zero attached hydrogens (tertiary/aromatic N) is 2. The number of nitrogens with one attached hydrogen (secondary N) is 2. The van der Waals surface area contributed by atoms with Crippen molar-refractivity contribution in [1.82, 2.24) is 9.88 Å². The quantitative estimate of drug-likeness (QED) is 0.666. The van der Waals surface area contributed by atoms with Gasteiger partial charge in [0.1, 0.15) is 11.6 Å². The van der Waals surface area contributed by atoms with Crippen molar-refractivity contribution in [3.05, 3.63) is 58.6 Å². The predicted molar refractivity (Wildman–Crippen MR) is 118 cm³/mol. The second kappa shape index (κ2) is 7.92. The third-order valence-electron chi connectivity index (χ3n) is 5.13. The summed E-state index contributed by atoms with van der Waals surface area (Å²) >= 11 is 7.49. The van der Waals surface area contributed by atoms with Crippen molar-refractivity contribution in [2.75, 3.05) is 31.5 Å². The van der Waals surface area contributed by atoms with Gasteiger partial charge in [0.15, 0.2) is 5.11 Å². The largest absolute Gasteiger partial charge is 0.338 e. The molecule has 2 N–H and O–H groups in total. The summed E-state index contributed by atoms with van der Waals surface area (Å²) in [5.41, 5.74) is 4.71. The van der Waals surface area contributed by atoms with E-state index in [2.05, 4.69) is 66.5 Å². The fraction of sp³-hybridized carbons (Fsp3) is 0.333. The molecule has 1 aromatic heterocycles. The average molecular weight is 398 g/mol. The maximum Gasteiger partial charge on any atom is 0.173 e. The van der Waals surface area contributed by atoms with E-state index in [1.165, 1.54) is 20.8 Å². The van der Waals surface area contributed by atoms with Crippen molar-refractivity contribution in [3.63, 3.8) is 0 Å². The number of aryl methyl sites for hydroxylation is 2. The van der Waals surface area contributed by atoms with E-state index in [9.17, 15) is 0 Å². The normalized spacial score (nSPS) is 15.3. The van der Waals surface area contributed by atoms with Gasteiger partial charge >= 0.3 is 0 Å². The Morgan fingerprint density at radius 2 is 1.96 bits per heavy atom. The first-order valence-corrected chi connectivity index (χ1v) is 10.6. The Balaban J connectivity index is 1.33. The first-order chi connectivity index (χ1) is 13.1. The van der Waals surface area contributed by atoms with E-state index in [1.54, 1.807) is 4.90 Å². The number of piperazine rings is 1. The molecule has 140 valence electrons. The molecule has 0 aliphatic carbocycles. The molecule has 1 aliphatic rings. The average Bonchev–Trinajstić information content (AvgIpc) is 3.07. The minimum absolute atomic E-state index is 0.836. The van der Waals surface area contributed by atoms with Crippen LogP contribution in [-0.2, 0) is 6.54 Å². The van der Waals surface area contributed by atoms with Gasteiger partial charge in [-0.1, -0.05) is 24.3 Å². The Morgan fingerprint density at radius 1 is 1.19 bits per heavy atom. The second-order valence-corrected chi connectivity index (χ2v) is 8.74. The smallest absolute Gasteiger partial charge is 0.173 e. The fourth-order valence-electron chi connectivity index (χ4n) is 3.48. The Morgan fingerprint density at radius 3 is 2.74 bits per heavy atom. The van der Waals surface area contributed by atoms with Crippen molar-refractivity contribution in [3.8, 4) is 0 Å². The van der Waals surface area contributed by atoms with E-state index in [1.807, 2.05) is 11.3 Å². The minimum Gasteiger partial charge on any atom is -0.338 e. The summed E-state index contributed by atoms with van der Waals surface area (Å²) in [6.45, 7) is 9.37. The van der Waals surface area contributed by atoms with Crippen LogP contribution in [0.5, 0.6) is 0 Å². The number of thiazole rings is 1. The molecule has 4 nitrogen and oxygen atoms in total. The molecule has 0 bridgehead atoms. The minimum atomic E-state index is 0.836. The number of rotatable bonds is 3. The molecule has 0 atom stereocenters. The first-order valence-electron chi connectivity index (χ1n) is 9.40. The molecule has 0 saturated carbocycles. The SMILES string of the molecule is Cc1ccc(C)c(NC(=S)N2CC[NH+](Cc3nc4ccccc4s3)CC2)c1. The fourth-order valence-corrected chi connectivity index (χ4v) is 4.81. The number of hydrogen-bond acceptors (Lipinski definition) is 3. The number of anilines is 1. The van der Waals surface area contributed by atoms with Crippen molar-refractivity contribution in [2.24, 2.45) is 0 Å². The van der Waals surface area contributed by atoms with E-state index >= 15 is 0 Å². The van der Waals surface area contributed by atoms with E-state index < -0.39 is 0 Å². The molecule has 0 amide bonds. The Labute approximate surface area is 169 Å². The van der Waals surface area contributed by atoms with Crippen molar-refractivity contribution >= 4 is 44.6 Å². The molecule has 3 aromatic rings. The molecule has 1 fully saturated rings. The van der Waals surface area contributed by atoms with Gasteiger partial charge in [-0.15, -0.1) is 11.3 Å². The monoisotopic (exact) mass is 397 g/mol. The highest BCUT2D eigenvalue weighted by atomic mass is 32.1. The van der Waals surface area contributed by atoms with Crippen LogP contribution in [0.3, 0.4) is 0 Å². The Hall–Kier alpha value is -2.02. The van der Waals surface area contributed by atoms with Gasteiger partial charge in [-0.05, 0) is 55.4 Å². The summed E-state index contributed by atoms with van der Waals surface area (Å²) in [5, 5.41) is 5.51. The summed E-state index contributed by atoms with van der Waals surface area (Å²) in [4.78, 5) is 8.65. The molecule has 6 heteroatoms. The van der Waals surface area contributed by atoms with E-state index in [0.717, 1.165) is 49.0 Å². The van der Waals surface area contributed by atoms with Gasteiger partial charge in [0, 0.05) is 5.69 Å². The zero-order chi connectivity index (χ0) is 18.8. The highest BCUT2D eigenvalue weighted by Crippen LogP contribution is 2.21. The third kappa shape index (κ3) is 4.29. The Bertz CT molecular complexity index is 925. The molecule has 1 aliphatic heterocycles. The maximum absolute atomic E-state index is 5.67. The van der Waals surface area contributed by atoms with Gasteiger partial charge in [0.2, 0.25) is 0 Å². The van der Waals surface area contributed by atoms with Crippen LogP contribution in [0.25, 0.3) is 10.2 Å². The van der Waals surface area contributed by atoms with Gasteiger partial charge in [-0.3, -0.25) is 0 Å². The van der Waals surface area contributed by atoms with E-state index in [0.29, 0.717) is 0 Å². The standard InChI is InChI=1S/C21H24N4S2/c1-15-7-8-16(2)18(13-15)23-21(26)25-11-9-24(10-12-25)14-20-22-17-5-3-4-6-19(17)27-20/h3-8,13H,9-12,14H2,1-2H3,(H,23,26)/p+1. The number of benzene rings is 2. The van der Waals surface area contributed by atoms with Crippen molar-refractivity contribution in [1.29, 1.82) is 0 Å². The van der Waals surface area contributed by atoms with Crippen LogP contribution in [0.2, 0.25) is 0 Å². The van der Waals surface area contributed by atoms with Crippen LogP contribution in [0, 0.1) is 13.8 Å². The number of quaternary nitrogens is 1. The van der Waals surface area contributed by atoms with Crippen LogP contribution in [0.15, 0.2) is 42.5 Å². The van der Waals surface area contributed by atoms with Crippen molar-refractivity contribution < 1.29 is 4.90 Å². The van der Waals surface area contributed by atoms with Crippen LogP contribution < -0.4 is 10.2 Å². The topological polar surface area (TPSA) is 32.6 Å². The number of para-hydroxylation sites is 1. The van der Waals surface area contributed by atoms with Gasteiger partial charge in [-0.2, -0.15) is 0 Å². The third-order valence-corrected chi connectivity index (χ3v) is 6.53. The molecular formula is C21H25N4S2+. The zero-order valence-electron chi connectivity index (χ0n) is 15.8. The lowest BCUT2D eigenvalue weighted by atomic mass is 10.1. The van der Waals surface area contributed by atoms with Crippen LogP contribution in [0.4, 0.5) is 5.69 Å². The second-order valence-electron chi connectivity index (χ2n) is 7.24. The summed E-state index contributed by atoms with van der Waals surface area (Å²) in [5.74, 6) is 0. The first kappa shape index (κ1) is 18.3. The summed E-state index contributed by atoms with van der Waals surface area (Å²) in [6, 6.07) is 14.8. The molecule has 0 radical (unpaired) electrons. The van der Waals surface area contributed by atoms with E-state index in [4.69, 9.17) is 17.2 Å². The Kier molecular flexibility index (Phi) is 5.38. The summed E-state index contributed by atoms with van der Waals surface area (Å²) < 4.78 is 1.28. The number of fused-ring (bicyclic) bond motifs is 1. The zero-order valence-corrected chi connectivity index (χ0v) is 17.4. The van der Waals surface area contributed by atoms with E-state index in [-0.39, 0.29) is 0 Å². The highest BCUT2D eigenvalue weighted by Gasteiger charge is 2.23. The van der Waals surface area contributed by atoms with Crippen LogP contribution >= 0.6 is 23.6 Å². The molecule has 4 rings (SSSR count). The molecule has 2 aromatic carbocycles. The summed E-state index contributed by atoms with van der Waals surface area (Å²) in [6.07, 6.45) is 0. The van der Waals surface area contributed by atoms with Gasteiger partial charge in [0.25, 0.3) is 0 Å². The molecule has 2 heterocycles. The van der Waals surface area contributed by atoms with Crippen LogP contribution in [0.1, 0.15) is 16.1 Å². The highest BCUT2D eigenvalue weighted by molar-refractivity contribution is 7.80. The van der Waals surface area contributed by atoms with Gasteiger partial charge in [-0.25, -0.2) is 4.98 Å². The van der Waals surface area contributed by atoms with Crippen LogP contribution in [-0.4, -0.2) is 41.2 Å².